The second kappa shape index (κ2) is 39.2. The van der Waals surface area contributed by atoms with Gasteiger partial charge in [-0.2, -0.15) is 22.7 Å². The molecule has 9 aromatic heterocycles. The summed E-state index contributed by atoms with van der Waals surface area (Å²) < 4.78 is 11.2. The number of nitrogens with zero attached hydrogens (tertiary/aromatic N) is 6. The van der Waals surface area contributed by atoms with Gasteiger partial charge in [-0.05, 0) is 148 Å². The number of pyridine rings is 6. The van der Waals surface area contributed by atoms with Crippen LogP contribution >= 0.6 is 22.7 Å². The summed E-state index contributed by atoms with van der Waals surface area (Å²) in [7, 11) is 0. The summed E-state index contributed by atoms with van der Waals surface area (Å²) in [4.78, 5) is 26.5. The number of fused-ring (bicyclic) bond motifs is 9. The van der Waals surface area contributed by atoms with Gasteiger partial charge in [0.2, 0.25) is 0 Å². The minimum Gasteiger partial charge on any atom is -0.501 e. The Bertz CT molecular complexity index is 6050. The molecule has 9 heterocycles. The number of furan rings is 1. The molecule has 0 aliphatic heterocycles. The van der Waals surface area contributed by atoms with Crippen LogP contribution in [0.4, 0.5) is 0 Å². The molecule has 13 heteroatoms. The van der Waals surface area contributed by atoms with Crippen LogP contribution in [0.1, 0.15) is 27.8 Å². The number of aromatic nitrogens is 6. The monoisotopic (exact) mass is 2140 g/mol. The Labute approximate surface area is 692 Å². The van der Waals surface area contributed by atoms with Crippen LogP contribution in [0, 0.1) is 71.0 Å². The molecule has 538 valence electrons. The zero-order valence-corrected chi connectivity index (χ0v) is 70.6. The molecule has 0 fully saturated rings. The molecule has 0 bridgehead atoms. The van der Waals surface area contributed by atoms with E-state index in [4.69, 9.17) is 4.42 Å². The Hall–Kier alpha value is -10.1. The van der Waals surface area contributed by atoms with E-state index in [0.717, 1.165) is 95.0 Å². The first-order valence-electron chi connectivity index (χ1n) is 34.2. The minimum atomic E-state index is 0. The number of hydrogen-bond acceptors (Lipinski definition) is 9. The molecule has 108 heavy (non-hydrogen) atoms. The van der Waals surface area contributed by atoms with Gasteiger partial charge >= 0.3 is 0 Å². The van der Waals surface area contributed by atoms with E-state index in [0.29, 0.717) is 0 Å². The molecule has 19 aromatic rings. The van der Waals surface area contributed by atoms with Gasteiger partial charge in [0.15, 0.2) is 0 Å². The fourth-order valence-corrected chi connectivity index (χ4v) is 14.1. The third-order valence-corrected chi connectivity index (χ3v) is 19.5. The van der Waals surface area contributed by atoms with E-state index in [1.165, 1.54) is 73.7 Å². The average molecular weight is 2140 g/mol. The Morgan fingerprint density at radius 3 is 1.27 bits per heavy atom. The number of thiophene rings is 2. The van der Waals surface area contributed by atoms with Crippen LogP contribution in [0.5, 0.6) is 0 Å². The van der Waals surface area contributed by atoms with E-state index in [-0.39, 0.29) is 80.4 Å². The maximum Gasteiger partial charge on any atom is 0.120 e. The van der Waals surface area contributed by atoms with Crippen molar-refractivity contribution >= 4 is 85.0 Å². The summed E-state index contributed by atoms with van der Waals surface area (Å²) >= 11 is 3.63. The molecule has 0 saturated heterocycles. The minimum absolute atomic E-state index is 0. The number of hydrogen-bond donors (Lipinski definition) is 0. The number of aryl methyl sites for hydroxylation is 5. The first-order chi connectivity index (χ1) is 51.1. The standard InChI is InChI=1S/C18H12NO.C18H12NS.C18H14N.C17H10NS.2C12H10N.4Ir/c1-12-9-10-16(19-11-12)15-7-4-6-14-13-5-2-3-8-17(13)20-18(14)15;1-12-8-9-19-16(10-12)13-6-7-18-15(11-13)14-4-2-3-5-17(14)20-18;1-14-12-18(16-10-6-3-7-11-16)19-13-17(14)15-8-4-2-5-9-15;1-2-7-16-13(5-1)14-11-12(8-9-17(14)19-16)15-6-3-4-10-18-15;1-10-7-8-13-12(9-10)11-5-3-2-4-6-11;1-10-7-8-12(13-9-10)11-5-3-2-4-6-11;;;;/h2-6,8-11H,1H3;2-5,7-11H,1H3;2-10,12-13H,1H3;1-7,9-11H;2*2-5,7-9H,1H3;;;;/q6*-1;;;;. The molecule has 4 radical (unpaired) electrons. The number of benzene rings is 10. The summed E-state index contributed by atoms with van der Waals surface area (Å²) in [6.07, 6.45) is 11.2. The Morgan fingerprint density at radius 1 is 0.287 bits per heavy atom. The van der Waals surface area contributed by atoms with Crippen LogP contribution in [0.2, 0.25) is 0 Å². The van der Waals surface area contributed by atoms with Crippen molar-refractivity contribution in [1.82, 2.24) is 29.9 Å². The summed E-state index contributed by atoms with van der Waals surface area (Å²) in [5.41, 5.74) is 22.1. The van der Waals surface area contributed by atoms with Gasteiger partial charge in [-0.25, -0.2) is 0 Å². The third kappa shape index (κ3) is 20.0. The maximum atomic E-state index is 6.00. The third-order valence-electron chi connectivity index (χ3n) is 17.2. The SMILES string of the molecule is Cc1cc(-c2[c-]cccc2)ncc1-c1ccccc1.Cc1ccc(-c2[c-]ccc3c2oc2ccccc23)nc1.Cc1ccc(-c2[c-]cccc2)nc1.Cc1ccnc(-c2[c-]cc3sc4ccccc4c3c2)c1.Cc1ccnc(-c2[c-]cccc2)c1.[Ir].[Ir].[Ir].[Ir].[c-]1cc2sc3ccccc3c2cc1-c1ccccn1. The van der Waals surface area contributed by atoms with Crippen molar-refractivity contribution in [2.75, 3.05) is 0 Å². The van der Waals surface area contributed by atoms with E-state index in [2.05, 4.69) is 208 Å². The predicted molar refractivity (Wildman–Crippen MR) is 433 cm³/mol. The van der Waals surface area contributed by atoms with Crippen molar-refractivity contribution in [3.63, 3.8) is 0 Å². The van der Waals surface area contributed by atoms with Gasteiger partial charge in [0, 0.05) is 138 Å². The summed E-state index contributed by atoms with van der Waals surface area (Å²) in [5.74, 6) is 0. The first-order valence-corrected chi connectivity index (χ1v) is 35.8. The van der Waals surface area contributed by atoms with Crippen LogP contribution < -0.4 is 0 Å². The summed E-state index contributed by atoms with van der Waals surface area (Å²) in [6.45, 7) is 10.3. The van der Waals surface area contributed by atoms with Gasteiger partial charge in [0.1, 0.15) is 5.58 Å². The molecule has 0 unspecified atom stereocenters. The molecule has 0 aliphatic carbocycles. The van der Waals surface area contributed by atoms with Crippen LogP contribution in [0.15, 0.2) is 327 Å². The van der Waals surface area contributed by atoms with Crippen molar-refractivity contribution in [3.8, 4) is 78.7 Å². The Kier molecular flexibility index (Phi) is 29.2. The van der Waals surface area contributed by atoms with Crippen molar-refractivity contribution < 1.29 is 84.8 Å². The Morgan fingerprint density at radius 2 is 0.750 bits per heavy atom. The first kappa shape index (κ1) is 80.5. The summed E-state index contributed by atoms with van der Waals surface area (Å²) in [5, 5.41) is 7.45. The van der Waals surface area contributed by atoms with Crippen molar-refractivity contribution in [2.24, 2.45) is 0 Å². The molecule has 19 rings (SSSR count). The zero-order chi connectivity index (χ0) is 71.0. The Balaban J connectivity index is 0.000000138. The average Bonchev–Trinajstić information content (AvgIpc) is 1.63. The second-order valence-electron chi connectivity index (χ2n) is 24.8. The van der Waals surface area contributed by atoms with Crippen LogP contribution in [0.25, 0.3) is 141 Å². The van der Waals surface area contributed by atoms with Gasteiger partial charge in [-0.3, -0.25) is 0 Å². The fraction of sp³-hybridized carbons (Fsp3) is 0.0526. The molecule has 0 aliphatic rings. The smallest absolute Gasteiger partial charge is 0.120 e. The predicted octanol–water partition coefficient (Wildman–Crippen LogP) is 25.1. The van der Waals surface area contributed by atoms with E-state index < -0.39 is 0 Å². The van der Waals surface area contributed by atoms with Crippen molar-refractivity contribution in [3.05, 3.63) is 387 Å². The maximum absolute atomic E-state index is 6.00. The molecule has 0 N–H and O–H groups in total. The molecule has 0 spiro atoms. The van der Waals surface area contributed by atoms with E-state index in [9.17, 15) is 0 Å². The molecular formula is C95H68Ir4N6OS2-6. The summed E-state index contributed by atoms with van der Waals surface area (Å²) in [6, 6.07) is 115. The van der Waals surface area contributed by atoms with E-state index in [1.807, 2.05) is 237 Å². The van der Waals surface area contributed by atoms with Crippen molar-refractivity contribution in [2.45, 2.75) is 34.6 Å². The van der Waals surface area contributed by atoms with Gasteiger partial charge in [-0.1, -0.05) is 172 Å². The zero-order valence-electron chi connectivity index (χ0n) is 59.3. The molecular weight excluding hydrogens is 2070 g/mol. The second-order valence-corrected chi connectivity index (χ2v) is 27.0. The van der Waals surface area contributed by atoms with Gasteiger partial charge < -0.3 is 34.3 Å². The molecule has 10 aromatic carbocycles. The molecule has 0 amide bonds. The van der Waals surface area contributed by atoms with Crippen LogP contribution in [-0.4, -0.2) is 29.9 Å². The normalized spacial score (nSPS) is 10.3. The quantitative estimate of drug-likeness (QED) is 0.147. The fourth-order valence-electron chi connectivity index (χ4n) is 11.9. The van der Waals surface area contributed by atoms with E-state index in [1.54, 1.807) is 0 Å². The van der Waals surface area contributed by atoms with Gasteiger partial charge in [-0.15, -0.1) is 173 Å². The molecule has 0 atom stereocenters. The van der Waals surface area contributed by atoms with Crippen molar-refractivity contribution in [1.29, 1.82) is 0 Å². The number of rotatable bonds is 7. The van der Waals surface area contributed by atoms with Gasteiger partial charge in [0.05, 0.1) is 5.58 Å². The largest absolute Gasteiger partial charge is 0.501 e. The van der Waals surface area contributed by atoms with Gasteiger partial charge in [0.25, 0.3) is 0 Å². The number of para-hydroxylation sites is 1. The van der Waals surface area contributed by atoms with Crippen LogP contribution in [0.3, 0.4) is 0 Å². The van der Waals surface area contributed by atoms with E-state index >= 15 is 0 Å². The van der Waals surface area contributed by atoms with Crippen LogP contribution in [-0.2, 0) is 80.4 Å². The topological polar surface area (TPSA) is 90.5 Å². The molecule has 7 nitrogen and oxygen atoms in total. The molecule has 0 saturated carbocycles.